The molecule has 122 valence electrons. The highest BCUT2D eigenvalue weighted by Crippen LogP contribution is 2.26. The van der Waals surface area contributed by atoms with Crippen molar-refractivity contribution in [1.82, 2.24) is 9.78 Å². The smallest absolute Gasteiger partial charge is 0.288 e. The molecular weight excluding hydrogens is 324 g/mol. The second-order valence-electron chi connectivity index (χ2n) is 4.64. The molecule has 0 radical (unpaired) electrons. The van der Waals surface area contributed by atoms with Gasteiger partial charge in [-0.1, -0.05) is 18.7 Å². The van der Waals surface area contributed by atoms with Gasteiger partial charge in [-0.3, -0.25) is 9.59 Å². The van der Waals surface area contributed by atoms with Gasteiger partial charge in [0.05, 0.1) is 0 Å². The van der Waals surface area contributed by atoms with Crippen LogP contribution in [-0.4, -0.2) is 21.4 Å². The summed E-state index contributed by atoms with van der Waals surface area (Å²) in [5.41, 5.74) is 0.310. The van der Waals surface area contributed by atoms with Crippen LogP contribution < -0.4 is 10.9 Å². The Balaban J connectivity index is 2.09. The molecule has 0 fully saturated rings. The van der Waals surface area contributed by atoms with Gasteiger partial charge < -0.3 is 5.32 Å². The summed E-state index contributed by atoms with van der Waals surface area (Å²) in [5, 5.41) is 6.62. The molecule has 0 aliphatic rings. The quantitative estimate of drug-likeness (QED) is 0.821. The van der Waals surface area contributed by atoms with E-state index in [0.29, 0.717) is 28.9 Å². The van der Waals surface area contributed by atoms with E-state index in [0.717, 1.165) is 6.42 Å². The number of nitrogens with zero attached hydrogens (tertiary/aromatic N) is 2. The molecule has 1 heterocycles. The first kappa shape index (κ1) is 17.1. The van der Waals surface area contributed by atoms with Gasteiger partial charge >= 0.3 is 0 Å². The van der Waals surface area contributed by atoms with Crippen LogP contribution in [0.15, 0.2) is 46.1 Å². The number of alkyl halides is 2. The molecule has 0 saturated carbocycles. The fourth-order valence-corrected chi connectivity index (χ4v) is 2.36. The van der Waals surface area contributed by atoms with E-state index in [2.05, 4.69) is 10.4 Å². The second kappa shape index (κ2) is 7.87. The fourth-order valence-electron chi connectivity index (χ4n) is 1.86. The Kier molecular flexibility index (Phi) is 5.86. The number of hydrogen-bond acceptors (Lipinski definition) is 4. The summed E-state index contributed by atoms with van der Waals surface area (Å²) < 4.78 is 25.7. The molecule has 2 rings (SSSR count). The zero-order valence-electron chi connectivity index (χ0n) is 12.3. The molecule has 1 aromatic carbocycles. The number of benzene rings is 1. The van der Waals surface area contributed by atoms with E-state index in [-0.39, 0.29) is 11.3 Å². The van der Waals surface area contributed by atoms with Gasteiger partial charge in [-0.15, -0.1) is 0 Å². The van der Waals surface area contributed by atoms with E-state index >= 15 is 0 Å². The minimum atomic E-state index is -2.49. The van der Waals surface area contributed by atoms with Crippen molar-refractivity contribution in [2.24, 2.45) is 0 Å². The molecule has 0 aliphatic carbocycles. The zero-order valence-corrected chi connectivity index (χ0v) is 13.1. The van der Waals surface area contributed by atoms with Crippen molar-refractivity contribution in [3.8, 4) is 0 Å². The van der Waals surface area contributed by atoms with E-state index in [1.807, 2.05) is 6.92 Å². The maximum Gasteiger partial charge on any atom is 0.288 e. The minimum Gasteiger partial charge on any atom is -0.321 e. The maximum absolute atomic E-state index is 12.2. The molecule has 1 amide bonds. The van der Waals surface area contributed by atoms with Gasteiger partial charge in [-0.2, -0.15) is 13.9 Å². The van der Waals surface area contributed by atoms with Crippen LogP contribution >= 0.6 is 11.8 Å². The van der Waals surface area contributed by atoms with Crippen molar-refractivity contribution >= 4 is 23.4 Å². The Hall–Kier alpha value is -2.22. The predicted octanol–water partition coefficient (Wildman–Crippen LogP) is 3.22. The number of anilines is 1. The SMILES string of the molecule is CCCn1nc(C(=O)Nc2ccc(SC(F)F)cc2)ccc1=O. The number of thioether (sulfide) groups is 1. The molecular formula is C15H15F2N3O2S. The molecule has 0 saturated heterocycles. The lowest BCUT2D eigenvalue weighted by Crippen LogP contribution is -2.26. The Labute approximate surface area is 135 Å². The maximum atomic E-state index is 12.2. The summed E-state index contributed by atoms with van der Waals surface area (Å²) in [6.45, 7) is 2.33. The topological polar surface area (TPSA) is 64.0 Å². The minimum absolute atomic E-state index is 0.115. The lowest BCUT2D eigenvalue weighted by molar-refractivity contribution is 0.101. The van der Waals surface area contributed by atoms with E-state index in [1.54, 1.807) is 0 Å². The number of carbonyl (C=O) groups excluding carboxylic acids is 1. The summed E-state index contributed by atoms with van der Waals surface area (Å²) in [7, 11) is 0. The third-order valence-electron chi connectivity index (χ3n) is 2.87. The van der Waals surface area contributed by atoms with Gasteiger partial charge in [0, 0.05) is 23.2 Å². The average Bonchev–Trinajstić information content (AvgIpc) is 2.51. The van der Waals surface area contributed by atoms with Gasteiger partial charge in [0.1, 0.15) is 5.69 Å². The monoisotopic (exact) mass is 339 g/mol. The molecule has 2 aromatic rings. The number of halogens is 2. The Morgan fingerprint density at radius 3 is 2.57 bits per heavy atom. The van der Waals surface area contributed by atoms with Crippen LogP contribution in [0.4, 0.5) is 14.5 Å². The fraction of sp³-hybridized carbons (Fsp3) is 0.267. The Morgan fingerprint density at radius 2 is 1.96 bits per heavy atom. The zero-order chi connectivity index (χ0) is 16.8. The number of rotatable bonds is 6. The van der Waals surface area contributed by atoms with Crippen LogP contribution in [0.3, 0.4) is 0 Å². The first-order valence-electron chi connectivity index (χ1n) is 6.94. The predicted molar refractivity (Wildman–Crippen MR) is 85.0 cm³/mol. The summed E-state index contributed by atoms with van der Waals surface area (Å²) in [5.74, 6) is -2.96. The molecule has 0 atom stereocenters. The van der Waals surface area contributed by atoms with Crippen molar-refractivity contribution in [2.75, 3.05) is 5.32 Å². The van der Waals surface area contributed by atoms with Crippen LogP contribution in [0.2, 0.25) is 0 Å². The number of amides is 1. The van der Waals surface area contributed by atoms with Crippen LogP contribution in [-0.2, 0) is 6.54 Å². The van der Waals surface area contributed by atoms with Crippen LogP contribution in [0, 0.1) is 0 Å². The molecule has 0 unspecified atom stereocenters. The number of hydrogen-bond donors (Lipinski definition) is 1. The molecule has 8 heteroatoms. The van der Waals surface area contributed by atoms with Crippen molar-refractivity contribution in [3.63, 3.8) is 0 Å². The normalized spacial score (nSPS) is 10.8. The first-order valence-corrected chi connectivity index (χ1v) is 7.82. The van der Waals surface area contributed by atoms with Crippen LogP contribution in [0.1, 0.15) is 23.8 Å². The van der Waals surface area contributed by atoms with E-state index in [1.165, 1.54) is 41.1 Å². The molecule has 0 aliphatic heterocycles. The molecule has 23 heavy (non-hydrogen) atoms. The van der Waals surface area contributed by atoms with Crippen molar-refractivity contribution in [2.45, 2.75) is 30.5 Å². The number of aryl methyl sites for hydroxylation is 1. The van der Waals surface area contributed by atoms with Crippen molar-refractivity contribution in [3.05, 3.63) is 52.4 Å². The Bertz CT molecular complexity index is 732. The lowest BCUT2D eigenvalue weighted by Gasteiger charge is -2.08. The highest BCUT2D eigenvalue weighted by atomic mass is 32.2. The highest BCUT2D eigenvalue weighted by molar-refractivity contribution is 7.99. The van der Waals surface area contributed by atoms with Gasteiger partial charge in [-0.25, -0.2) is 4.68 Å². The number of nitrogens with one attached hydrogen (secondary N) is 1. The van der Waals surface area contributed by atoms with Crippen molar-refractivity contribution < 1.29 is 13.6 Å². The largest absolute Gasteiger partial charge is 0.321 e. The van der Waals surface area contributed by atoms with Crippen LogP contribution in [0.5, 0.6) is 0 Å². The average molecular weight is 339 g/mol. The van der Waals surface area contributed by atoms with Crippen molar-refractivity contribution in [1.29, 1.82) is 0 Å². The van der Waals surface area contributed by atoms with Gasteiger partial charge in [0.2, 0.25) is 0 Å². The van der Waals surface area contributed by atoms with Gasteiger partial charge in [0.25, 0.3) is 17.2 Å². The molecule has 5 nitrogen and oxygen atoms in total. The van der Waals surface area contributed by atoms with E-state index in [9.17, 15) is 18.4 Å². The highest BCUT2D eigenvalue weighted by Gasteiger charge is 2.10. The summed E-state index contributed by atoms with van der Waals surface area (Å²) in [6.07, 6.45) is 0.723. The summed E-state index contributed by atoms with van der Waals surface area (Å²) in [4.78, 5) is 24.1. The van der Waals surface area contributed by atoms with Gasteiger partial charge in [-0.05, 0) is 36.8 Å². The molecule has 0 spiro atoms. The standard InChI is InChI=1S/C15H15F2N3O2S/c1-2-9-20-13(21)8-7-12(19-20)14(22)18-10-3-5-11(6-4-10)23-15(16)17/h3-8,15H,2,9H2,1H3,(H,18,22). The van der Waals surface area contributed by atoms with Gasteiger partial charge in [0.15, 0.2) is 0 Å². The summed E-state index contributed by atoms with van der Waals surface area (Å²) in [6, 6.07) is 8.70. The molecule has 0 bridgehead atoms. The number of carbonyl (C=O) groups is 1. The third kappa shape index (κ3) is 4.88. The van der Waals surface area contributed by atoms with Crippen LogP contribution in [0.25, 0.3) is 0 Å². The van der Waals surface area contributed by atoms with E-state index in [4.69, 9.17) is 0 Å². The molecule has 1 N–H and O–H groups in total. The molecule has 1 aromatic heterocycles. The summed E-state index contributed by atoms with van der Waals surface area (Å²) >= 11 is 0.435. The second-order valence-corrected chi connectivity index (χ2v) is 5.70. The first-order chi connectivity index (χ1) is 11.0. The third-order valence-corrected chi connectivity index (χ3v) is 3.59. The number of aromatic nitrogens is 2. The van der Waals surface area contributed by atoms with E-state index < -0.39 is 11.7 Å². The lowest BCUT2D eigenvalue weighted by atomic mass is 10.3. The Morgan fingerprint density at radius 1 is 1.26 bits per heavy atom.